The standard InChI is InChI=1S/C21H28N4O4/c1-5-22-21(24-14-19(26)25-16-9-7-6-8-10-16)23-13-15-11-17(27-2)20(29-4)18(12-15)28-3/h6-12H,5,13-14H2,1-4H3,(H,25,26)(H2,22,23,24). The third kappa shape index (κ3) is 6.60. The molecule has 0 fully saturated rings. The van der Waals surface area contributed by atoms with E-state index in [9.17, 15) is 4.79 Å². The topological polar surface area (TPSA) is 93.2 Å². The lowest BCUT2D eigenvalue weighted by Crippen LogP contribution is -2.41. The quantitative estimate of drug-likeness (QED) is 0.442. The highest BCUT2D eigenvalue weighted by Crippen LogP contribution is 2.38. The maximum atomic E-state index is 12.1. The van der Waals surface area contributed by atoms with Crippen LogP contribution < -0.4 is 30.2 Å². The number of ether oxygens (including phenoxy) is 3. The summed E-state index contributed by atoms with van der Waals surface area (Å²) in [4.78, 5) is 16.7. The van der Waals surface area contributed by atoms with E-state index >= 15 is 0 Å². The van der Waals surface area contributed by atoms with Gasteiger partial charge in [0.1, 0.15) is 0 Å². The summed E-state index contributed by atoms with van der Waals surface area (Å²) in [6, 6.07) is 13.0. The van der Waals surface area contributed by atoms with Gasteiger partial charge in [0.25, 0.3) is 0 Å². The molecule has 0 radical (unpaired) electrons. The largest absolute Gasteiger partial charge is 0.493 e. The van der Waals surface area contributed by atoms with Crippen LogP contribution in [0, 0.1) is 0 Å². The summed E-state index contributed by atoms with van der Waals surface area (Å²) < 4.78 is 16.1. The zero-order valence-corrected chi connectivity index (χ0v) is 17.2. The Kier molecular flexibility index (Phi) is 8.62. The number of hydrogen-bond donors (Lipinski definition) is 3. The molecule has 1 amide bonds. The molecule has 0 heterocycles. The fraction of sp³-hybridized carbons (Fsp3) is 0.333. The van der Waals surface area contributed by atoms with Crippen LogP contribution in [-0.2, 0) is 11.3 Å². The minimum absolute atomic E-state index is 0.0932. The Labute approximate surface area is 171 Å². The van der Waals surface area contributed by atoms with Crippen LogP contribution in [0.15, 0.2) is 47.5 Å². The third-order valence-corrected chi connectivity index (χ3v) is 3.96. The van der Waals surface area contributed by atoms with Gasteiger partial charge in [0.15, 0.2) is 17.5 Å². The molecule has 0 atom stereocenters. The molecular weight excluding hydrogens is 372 g/mol. The second-order valence-corrected chi connectivity index (χ2v) is 6.00. The highest BCUT2D eigenvalue weighted by atomic mass is 16.5. The van der Waals surface area contributed by atoms with Gasteiger partial charge in [-0.1, -0.05) is 18.2 Å². The average Bonchev–Trinajstić information content (AvgIpc) is 2.75. The number of nitrogens with zero attached hydrogens (tertiary/aromatic N) is 1. The van der Waals surface area contributed by atoms with Crippen LogP contribution in [0.25, 0.3) is 0 Å². The predicted octanol–water partition coefficient (Wildman–Crippen LogP) is 2.41. The average molecular weight is 400 g/mol. The predicted molar refractivity (Wildman–Crippen MR) is 114 cm³/mol. The Hall–Kier alpha value is -3.42. The summed E-state index contributed by atoms with van der Waals surface area (Å²) in [6.07, 6.45) is 0. The van der Waals surface area contributed by atoms with Crippen LogP contribution in [0.3, 0.4) is 0 Å². The molecule has 0 aliphatic heterocycles. The van der Waals surface area contributed by atoms with Crippen molar-refractivity contribution in [2.24, 2.45) is 4.99 Å². The van der Waals surface area contributed by atoms with E-state index in [2.05, 4.69) is 20.9 Å². The van der Waals surface area contributed by atoms with Gasteiger partial charge in [-0.3, -0.25) is 4.79 Å². The first-order chi connectivity index (χ1) is 14.1. The number of amides is 1. The van der Waals surface area contributed by atoms with Gasteiger partial charge in [0.2, 0.25) is 11.7 Å². The van der Waals surface area contributed by atoms with Crippen molar-refractivity contribution in [2.75, 3.05) is 39.7 Å². The number of carbonyl (C=O) groups excluding carboxylic acids is 1. The summed E-state index contributed by atoms with van der Waals surface area (Å²) in [7, 11) is 4.70. The Bertz CT molecular complexity index is 800. The molecule has 0 unspecified atom stereocenters. The van der Waals surface area contributed by atoms with Crippen molar-refractivity contribution in [3.05, 3.63) is 48.0 Å². The third-order valence-electron chi connectivity index (χ3n) is 3.96. The number of anilines is 1. The van der Waals surface area contributed by atoms with E-state index in [4.69, 9.17) is 14.2 Å². The summed E-state index contributed by atoms with van der Waals surface area (Å²) in [6.45, 7) is 3.09. The number of rotatable bonds is 9. The molecule has 0 spiro atoms. The van der Waals surface area contributed by atoms with E-state index in [1.54, 1.807) is 21.3 Å². The second kappa shape index (κ2) is 11.4. The first kappa shape index (κ1) is 21.9. The van der Waals surface area contributed by atoms with E-state index in [0.29, 0.717) is 36.3 Å². The molecule has 0 saturated heterocycles. The molecule has 3 N–H and O–H groups in total. The fourth-order valence-corrected chi connectivity index (χ4v) is 2.63. The molecule has 8 heteroatoms. The highest BCUT2D eigenvalue weighted by molar-refractivity contribution is 5.94. The molecule has 8 nitrogen and oxygen atoms in total. The molecule has 0 aliphatic carbocycles. The minimum atomic E-state index is -0.158. The van der Waals surface area contributed by atoms with Crippen molar-refractivity contribution in [2.45, 2.75) is 13.5 Å². The molecule has 0 saturated carbocycles. The zero-order valence-electron chi connectivity index (χ0n) is 17.2. The van der Waals surface area contributed by atoms with Crippen LogP contribution >= 0.6 is 0 Å². The summed E-state index contributed by atoms with van der Waals surface area (Å²) in [5, 5.41) is 8.98. The molecule has 2 aromatic carbocycles. The van der Waals surface area contributed by atoms with Crippen molar-refractivity contribution in [3.8, 4) is 17.2 Å². The molecule has 0 bridgehead atoms. The molecule has 0 aromatic heterocycles. The summed E-state index contributed by atoms with van der Waals surface area (Å²) >= 11 is 0. The number of nitrogens with one attached hydrogen (secondary N) is 3. The van der Waals surface area contributed by atoms with Crippen molar-refractivity contribution < 1.29 is 19.0 Å². The monoisotopic (exact) mass is 400 g/mol. The smallest absolute Gasteiger partial charge is 0.243 e. The van der Waals surface area contributed by atoms with Crippen molar-refractivity contribution in [3.63, 3.8) is 0 Å². The van der Waals surface area contributed by atoms with E-state index < -0.39 is 0 Å². The van der Waals surface area contributed by atoms with Crippen LogP contribution in [0.2, 0.25) is 0 Å². The SMILES string of the molecule is CCNC(=NCc1cc(OC)c(OC)c(OC)c1)NCC(=O)Nc1ccccc1. The zero-order chi connectivity index (χ0) is 21.1. The Balaban J connectivity index is 2.04. The summed E-state index contributed by atoms with van der Waals surface area (Å²) in [5.41, 5.74) is 1.63. The minimum Gasteiger partial charge on any atom is -0.493 e. The number of benzene rings is 2. The van der Waals surface area contributed by atoms with Gasteiger partial charge in [-0.05, 0) is 36.8 Å². The van der Waals surface area contributed by atoms with E-state index in [0.717, 1.165) is 11.3 Å². The van der Waals surface area contributed by atoms with E-state index in [1.807, 2.05) is 49.4 Å². The Morgan fingerprint density at radius 2 is 1.62 bits per heavy atom. The molecule has 2 aromatic rings. The number of para-hydroxylation sites is 1. The van der Waals surface area contributed by atoms with Gasteiger partial charge in [-0.2, -0.15) is 0 Å². The highest BCUT2D eigenvalue weighted by Gasteiger charge is 2.13. The van der Waals surface area contributed by atoms with E-state index in [-0.39, 0.29) is 12.5 Å². The number of aliphatic imine (C=N–C) groups is 1. The van der Waals surface area contributed by atoms with Gasteiger partial charge in [-0.15, -0.1) is 0 Å². The first-order valence-electron chi connectivity index (χ1n) is 9.27. The van der Waals surface area contributed by atoms with Gasteiger partial charge >= 0.3 is 0 Å². The molecular formula is C21H28N4O4. The Morgan fingerprint density at radius 1 is 0.966 bits per heavy atom. The van der Waals surface area contributed by atoms with Crippen LogP contribution in [0.1, 0.15) is 12.5 Å². The van der Waals surface area contributed by atoms with Gasteiger partial charge < -0.3 is 30.2 Å². The normalized spacial score (nSPS) is 10.8. The van der Waals surface area contributed by atoms with Crippen molar-refractivity contribution in [1.29, 1.82) is 0 Å². The van der Waals surface area contributed by atoms with Crippen molar-refractivity contribution >= 4 is 17.6 Å². The molecule has 156 valence electrons. The van der Waals surface area contributed by atoms with Crippen LogP contribution in [-0.4, -0.2) is 46.3 Å². The molecule has 2 rings (SSSR count). The number of methoxy groups -OCH3 is 3. The maximum absolute atomic E-state index is 12.1. The Morgan fingerprint density at radius 3 is 2.17 bits per heavy atom. The van der Waals surface area contributed by atoms with Crippen molar-refractivity contribution in [1.82, 2.24) is 10.6 Å². The lowest BCUT2D eigenvalue weighted by Gasteiger charge is -2.14. The fourth-order valence-electron chi connectivity index (χ4n) is 2.63. The van der Waals surface area contributed by atoms with E-state index in [1.165, 1.54) is 0 Å². The maximum Gasteiger partial charge on any atom is 0.243 e. The van der Waals surface area contributed by atoms with Gasteiger partial charge in [-0.25, -0.2) is 4.99 Å². The second-order valence-electron chi connectivity index (χ2n) is 6.00. The number of guanidine groups is 1. The lowest BCUT2D eigenvalue weighted by molar-refractivity contribution is -0.115. The summed E-state index contributed by atoms with van der Waals surface area (Å²) in [5.74, 6) is 2.04. The molecule has 29 heavy (non-hydrogen) atoms. The number of hydrogen-bond acceptors (Lipinski definition) is 5. The van der Waals surface area contributed by atoms with Gasteiger partial charge in [0.05, 0.1) is 34.4 Å². The van der Waals surface area contributed by atoms with Crippen LogP contribution in [0.5, 0.6) is 17.2 Å². The molecule has 0 aliphatic rings. The first-order valence-corrected chi connectivity index (χ1v) is 9.27. The lowest BCUT2D eigenvalue weighted by atomic mass is 10.2. The van der Waals surface area contributed by atoms with Crippen LogP contribution in [0.4, 0.5) is 5.69 Å². The number of carbonyl (C=O) groups is 1. The van der Waals surface area contributed by atoms with Gasteiger partial charge in [0, 0.05) is 12.2 Å².